The molecule has 2 aromatic carbocycles. The van der Waals surface area contributed by atoms with Crippen LogP contribution in [0, 0.1) is 5.82 Å². The number of nitrogens with zero attached hydrogens (tertiary/aromatic N) is 1. The van der Waals surface area contributed by atoms with Gasteiger partial charge in [0, 0.05) is 17.9 Å². The van der Waals surface area contributed by atoms with Crippen molar-refractivity contribution in [2.45, 2.75) is 39.8 Å². The lowest BCUT2D eigenvalue weighted by molar-refractivity contribution is -0.143. The summed E-state index contributed by atoms with van der Waals surface area (Å²) in [7, 11) is 0. The minimum Gasteiger partial charge on any atom is -0.459 e. The van der Waals surface area contributed by atoms with Gasteiger partial charge in [0.05, 0.1) is 23.3 Å². The predicted molar refractivity (Wildman–Crippen MR) is 118 cm³/mol. The second-order valence-electron chi connectivity index (χ2n) is 7.64. The van der Waals surface area contributed by atoms with Crippen molar-refractivity contribution in [1.82, 2.24) is 10.2 Å². The molecular formula is C24H26FN3O4. The molecule has 32 heavy (non-hydrogen) atoms. The zero-order chi connectivity index (χ0) is 23.4. The van der Waals surface area contributed by atoms with Gasteiger partial charge in [-0.05, 0) is 57.5 Å². The van der Waals surface area contributed by atoms with E-state index in [1.165, 1.54) is 23.1 Å². The maximum atomic E-state index is 13.9. The highest BCUT2D eigenvalue weighted by Gasteiger charge is 2.36. The van der Waals surface area contributed by atoms with E-state index in [1.807, 2.05) is 6.92 Å². The minimum absolute atomic E-state index is 0.0839. The van der Waals surface area contributed by atoms with Crippen LogP contribution >= 0.6 is 0 Å². The van der Waals surface area contributed by atoms with E-state index in [-0.39, 0.29) is 17.7 Å². The molecule has 0 aromatic heterocycles. The van der Waals surface area contributed by atoms with Crippen LogP contribution in [0.15, 0.2) is 59.8 Å². The van der Waals surface area contributed by atoms with Crippen LogP contribution in [0.1, 0.15) is 49.7 Å². The average molecular weight is 439 g/mol. The molecule has 0 bridgehead atoms. The number of hydrogen-bond donors (Lipinski definition) is 2. The summed E-state index contributed by atoms with van der Waals surface area (Å²) < 4.78 is 19.4. The lowest BCUT2D eigenvalue weighted by Gasteiger charge is -2.35. The molecule has 1 heterocycles. The number of benzene rings is 2. The molecule has 1 unspecified atom stereocenters. The fraction of sp³-hybridized carbons (Fsp3) is 0.292. The van der Waals surface area contributed by atoms with Gasteiger partial charge in [-0.2, -0.15) is 0 Å². The molecule has 2 N–H and O–H groups in total. The number of rotatable bonds is 6. The maximum absolute atomic E-state index is 13.9. The van der Waals surface area contributed by atoms with E-state index in [2.05, 4.69) is 10.6 Å². The van der Waals surface area contributed by atoms with Crippen LogP contribution in [0.4, 0.5) is 14.9 Å². The Morgan fingerprint density at radius 2 is 1.91 bits per heavy atom. The molecular weight excluding hydrogens is 413 g/mol. The van der Waals surface area contributed by atoms with Crippen molar-refractivity contribution < 1.29 is 23.5 Å². The van der Waals surface area contributed by atoms with Crippen molar-refractivity contribution in [2.75, 3.05) is 11.9 Å². The summed E-state index contributed by atoms with van der Waals surface area (Å²) in [6, 6.07) is 11.3. The molecule has 1 atom stereocenters. The number of ether oxygens (including phenoxy) is 1. The van der Waals surface area contributed by atoms with Crippen molar-refractivity contribution in [3.05, 3.63) is 76.7 Å². The summed E-state index contributed by atoms with van der Waals surface area (Å²) >= 11 is 0. The molecule has 3 amide bonds. The number of allylic oxidation sites excluding steroid dienone is 1. The number of carbonyl (C=O) groups is 3. The summed E-state index contributed by atoms with van der Waals surface area (Å²) in [4.78, 5) is 39.5. The Bertz CT molecular complexity index is 1080. The molecule has 0 saturated heterocycles. The first-order valence-electron chi connectivity index (χ1n) is 10.4. The summed E-state index contributed by atoms with van der Waals surface area (Å²) in [5.41, 5.74) is 1.72. The van der Waals surface area contributed by atoms with Crippen LogP contribution in [-0.4, -0.2) is 35.5 Å². The normalized spacial score (nSPS) is 16.1. The van der Waals surface area contributed by atoms with Gasteiger partial charge in [-0.25, -0.2) is 14.0 Å². The van der Waals surface area contributed by atoms with E-state index >= 15 is 0 Å². The first-order valence-corrected chi connectivity index (χ1v) is 10.4. The zero-order valence-electron chi connectivity index (χ0n) is 18.4. The van der Waals surface area contributed by atoms with E-state index in [0.29, 0.717) is 29.1 Å². The number of anilines is 1. The first kappa shape index (κ1) is 23.0. The molecule has 3 rings (SSSR count). The Kier molecular flexibility index (Phi) is 6.92. The SMILES string of the molecule is CCN1C(=O)NC(c2cccc(NC(=O)c3ccccc3F)c2)C(C(=O)OC(C)C)=C1C. The number of esters is 1. The van der Waals surface area contributed by atoms with Gasteiger partial charge in [-0.3, -0.25) is 9.69 Å². The number of carbonyl (C=O) groups excluding carboxylic acids is 3. The largest absolute Gasteiger partial charge is 0.459 e. The van der Waals surface area contributed by atoms with Crippen molar-refractivity contribution in [2.24, 2.45) is 0 Å². The summed E-state index contributed by atoms with van der Waals surface area (Å²) in [6.45, 7) is 7.41. The van der Waals surface area contributed by atoms with Gasteiger partial charge < -0.3 is 15.4 Å². The summed E-state index contributed by atoms with van der Waals surface area (Å²) in [5.74, 6) is -1.75. The van der Waals surface area contributed by atoms with Gasteiger partial charge in [-0.15, -0.1) is 0 Å². The number of nitrogens with one attached hydrogen (secondary N) is 2. The molecule has 1 aliphatic heterocycles. The third-order valence-corrected chi connectivity index (χ3v) is 5.07. The minimum atomic E-state index is -0.762. The molecule has 168 valence electrons. The van der Waals surface area contributed by atoms with E-state index in [1.54, 1.807) is 51.1 Å². The van der Waals surface area contributed by atoms with Crippen LogP contribution in [-0.2, 0) is 9.53 Å². The fourth-order valence-corrected chi connectivity index (χ4v) is 3.59. The average Bonchev–Trinajstić information content (AvgIpc) is 2.73. The lowest BCUT2D eigenvalue weighted by atomic mass is 9.94. The molecule has 8 heteroatoms. The first-order chi connectivity index (χ1) is 15.2. The van der Waals surface area contributed by atoms with Crippen LogP contribution in [0.5, 0.6) is 0 Å². The van der Waals surface area contributed by atoms with Gasteiger partial charge in [0.2, 0.25) is 0 Å². The van der Waals surface area contributed by atoms with E-state index < -0.39 is 23.7 Å². The van der Waals surface area contributed by atoms with Crippen molar-refractivity contribution in [3.8, 4) is 0 Å². The standard InChI is InChI=1S/C24H26FN3O4/c1-5-28-15(4)20(23(30)32-14(2)3)21(27-24(28)31)16-9-8-10-17(13-16)26-22(29)18-11-6-7-12-19(18)25/h6-14,21H,5H2,1-4H3,(H,26,29)(H,27,31). The summed E-state index contributed by atoms with van der Waals surface area (Å²) in [6.07, 6.45) is -0.331. The predicted octanol–water partition coefficient (Wildman–Crippen LogP) is 4.39. The Morgan fingerprint density at radius 1 is 1.19 bits per heavy atom. The van der Waals surface area contributed by atoms with Gasteiger partial charge in [-0.1, -0.05) is 24.3 Å². The van der Waals surface area contributed by atoms with Gasteiger partial charge in [0.15, 0.2) is 0 Å². The van der Waals surface area contributed by atoms with Crippen molar-refractivity contribution >= 4 is 23.6 Å². The number of urea groups is 1. The number of hydrogen-bond acceptors (Lipinski definition) is 4. The Labute approximate surface area is 186 Å². The second-order valence-corrected chi connectivity index (χ2v) is 7.64. The van der Waals surface area contributed by atoms with E-state index in [4.69, 9.17) is 4.74 Å². The lowest BCUT2D eigenvalue weighted by Crippen LogP contribution is -2.48. The van der Waals surface area contributed by atoms with E-state index in [0.717, 1.165) is 0 Å². The Morgan fingerprint density at radius 3 is 2.56 bits per heavy atom. The quantitative estimate of drug-likeness (QED) is 0.654. The Balaban J connectivity index is 1.96. The molecule has 0 saturated carbocycles. The molecule has 0 spiro atoms. The maximum Gasteiger partial charge on any atom is 0.338 e. The van der Waals surface area contributed by atoms with Gasteiger partial charge in [0.1, 0.15) is 5.82 Å². The van der Waals surface area contributed by atoms with E-state index in [9.17, 15) is 18.8 Å². The molecule has 0 fully saturated rings. The highest BCUT2D eigenvalue weighted by atomic mass is 19.1. The molecule has 0 radical (unpaired) electrons. The number of amides is 3. The summed E-state index contributed by atoms with van der Waals surface area (Å²) in [5, 5.41) is 5.51. The third kappa shape index (κ3) is 4.80. The molecule has 0 aliphatic carbocycles. The molecule has 2 aromatic rings. The van der Waals surface area contributed by atoms with Crippen LogP contribution in [0.3, 0.4) is 0 Å². The Hall–Kier alpha value is -3.68. The highest BCUT2D eigenvalue weighted by molar-refractivity contribution is 6.04. The third-order valence-electron chi connectivity index (χ3n) is 5.07. The van der Waals surface area contributed by atoms with Crippen LogP contribution in [0.2, 0.25) is 0 Å². The molecule has 1 aliphatic rings. The van der Waals surface area contributed by atoms with Crippen LogP contribution in [0.25, 0.3) is 0 Å². The zero-order valence-corrected chi connectivity index (χ0v) is 18.4. The number of halogens is 1. The van der Waals surface area contributed by atoms with Gasteiger partial charge in [0.25, 0.3) is 5.91 Å². The topological polar surface area (TPSA) is 87.7 Å². The van der Waals surface area contributed by atoms with Crippen LogP contribution < -0.4 is 10.6 Å². The van der Waals surface area contributed by atoms with Crippen molar-refractivity contribution in [1.29, 1.82) is 0 Å². The van der Waals surface area contributed by atoms with Gasteiger partial charge >= 0.3 is 12.0 Å². The molecule has 7 nitrogen and oxygen atoms in total. The highest BCUT2D eigenvalue weighted by Crippen LogP contribution is 2.32. The van der Waals surface area contributed by atoms with Crippen molar-refractivity contribution in [3.63, 3.8) is 0 Å². The smallest absolute Gasteiger partial charge is 0.338 e. The monoisotopic (exact) mass is 439 g/mol. The second kappa shape index (κ2) is 9.64. The fourth-order valence-electron chi connectivity index (χ4n) is 3.59.